The fourth-order valence-electron chi connectivity index (χ4n) is 3.55. The van der Waals surface area contributed by atoms with Crippen molar-refractivity contribution in [1.29, 1.82) is 0 Å². The molecule has 0 spiro atoms. The number of fused-ring (bicyclic) bond motifs is 1. The number of para-hydroxylation sites is 1. The fourth-order valence-corrected chi connectivity index (χ4v) is 4.61. The van der Waals surface area contributed by atoms with Crippen molar-refractivity contribution in [2.75, 3.05) is 23.3 Å². The fraction of sp³-hybridized carbons (Fsp3) is 0.174. The van der Waals surface area contributed by atoms with Crippen molar-refractivity contribution in [3.05, 3.63) is 83.9 Å². The summed E-state index contributed by atoms with van der Waals surface area (Å²) in [6.45, 7) is 0.668. The number of carbonyl (C=O) groups is 1. The van der Waals surface area contributed by atoms with Crippen LogP contribution < -0.4 is 14.4 Å². The number of sulfonamides is 1. The normalized spacial score (nSPS) is 13.4. The first-order valence-corrected chi connectivity index (χ1v) is 11.1. The summed E-state index contributed by atoms with van der Waals surface area (Å²) in [5.41, 5.74) is 3.01. The van der Waals surface area contributed by atoms with E-state index in [-0.39, 0.29) is 10.8 Å². The Labute approximate surface area is 176 Å². The van der Waals surface area contributed by atoms with E-state index in [0.717, 1.165) is 18.5 Å². The minimum atomic E-state index is -3.73. The molecular weight excluding hydrogens is 400 g/mol. The Kier molecular flexibility index (Phi) is 5.46. The van der Waals surface area contributed by atoms with Gasteiger partial charge in [0, 0.05) is 23.5 Å². The Bertz CT molecular complexity index is 1160. The highest BCUT2D eigenvalue weighted by atomic mass is 32.2. The summed E-state index contributed by atoms with van der Waals surface area (Å²) >= 11 is 0. The first-order chi connectivity index (χ1) is 14.5. The number of ether oxygens (including phenoxy) is 1. The summed E-state index contributed by atoms with van der Waals surface area (Å²) in [6.07, 6.45) is 1.88. The summed E-state index contributed by atoms with van der Waals surface area (Å²) in [4.78, 5) is 14.9. The molecule has 0 unspecified atom stereocenters. The topological polar surface area (TPSA) is 75.7 Å². The van der Waals surface area contributed by atoms with Crippen LogP contribution in [0.2, 0.25) is 0 Å². The van der Waals surface area contributed by atoms with Crippen molar-refractivity contribution in [1.82, 2.24) is 0 Å². The Morgan fingerprint density at radius 1 is 0.967 bits per heavy atom. The summed E-state index contributed by atoms with van der Waals surface area (Å²) in [6, 6.07) is 20.6. The van der Waals surface area contributed by atoms with E-state index in [4.69, 9.17) is 4.74 Å². The number of hydrogen-bond acceptors (Lipinski definition) is 4. The minimum Gasteiger partial charge on any atom is -0.497 e. The second-order valence-corrected chi connectivity index (χ2v) is 8.73. The highest BCUT2D eigenvalue weighted by Crippen LogP contribution is 2.28. The maximum atomic E-state index is 13.0. The molecule has 3 aromatic rings. The van der Waals surface area contributed by atoms with Gasteiger partial charge in [0.25, 0.3) is 15.9 Å². The molecule has 1 N–H and O–H groups in total. The van der Waals surface area contributed by atoms with E-state index in [1.165, 1.54) is 24.8 Å². The van der Waals surface area contributed by atoms with Gasteiger partial charge in [-0.1, -0.05) is 18.2 Å². The van der Waals surface area contributed by atoms with Crippen LogP contribution in [0.4, 0.5) is 11.4 Å². The summed E-state index contributed by atoms with van der Waals surface area (Å²) < 4.78 is 32.8. The Morgan fingerprint density at radius 2 is 1.67 bits per heavy atom. The summed E-state index contributed by atoms with van der Waals surface area (Å²) in [7, 11) is -2.21. The molecule has 3 aromatic carbocycles. The molecule has 0 saturated heterocycles. The zero-order valence-electron chi connectivity index (χ0n) is 16.5. The van der Waals surface area contributed by atoms with E-state index in [1.54, 1.807) is 41.3 Å². The van der Waals surface area contributed by atoms with Gasteiger partial charge in [0.1, 0.15) is 5.75 Å². The molecule has 1 aliphatic rings. The van der Waals surface area contributed by atoms with Gasteiger partial charge in [0.05, 0.1) is 12.0 Å². The number of rotatable bonds is 5. The lowest BCUT2D eigenvalue weighted by molar-refractivity contribution is 0.0985. The van der Waals surface area contributed by atoms with Crippen LogP contribution >= 0.6 is 0 Å². The molecule has 0 aliphatic carbocycles. The van der Waals surface area contributed by atoms with E-state index in [0.29, 0.717) is 23.5 Å². The zero-order chi connectivity index (χ0) is 21.1. The minimum absolute atomic E-state index is 0.0910. The number of nitrogens with zero attached hydrogens (tertiary/aromatic N) is 1. The highest BCUT2D eigenvalue weighted by Gasteiger charge is 2.23. The van der Waals surface area contributed by atoms with Crippen molar-refractivity contribution in [2.24, 2.45) is 0 Å². The van der Waals surface area contributed by atoms with E-state index in [9.17, 15) is 13.2 Å². The maximum absolute atomic E-state index is 13.0. The lowest BCUT2D eigenvalue weighted by Gasteiger charge is -2.29. The number of anilines is 2. The largest absolute Gasteiger partial charge is 0.497 e. The summed E-state index contributed by atoms with van der Waals surface area (Å²) in [5, 5.41) is 0. The van der Waals surface area contributed by atoms with Gasteiger partial charge < -0.3 is 9.64 Å². The highest BCUT2D eigenvalue weighted by molar-refractivity contribution is 7.92. The maximum Gasteiger partial charge on any atom is 0.261 e. The van der Waals surface area contributed by atoms with Gasteiger partial charge in [-0.05, 0) is 73.0 Å². The van der Waals surface area contributed by atoms with E-state index in [2.05, 4.69) is 4.72 Å². The SMILES string of the molecule is COc1ccc(S(=O)(=O)Nc2ccc(C(=O)N3CCCc4ccccc43)cc2)cc1. The Hall–Kier alpha value is -3.32. The first kappa shape index (κ1) is 20.0. The molecule has 30 heavy (non-hydrogen) atoms. The van der Waals surface area contributed by atoms with Gasteiger partial charge in [0.15, 0.2) is 0 Å². The number of methoxy groups -OCH3 is 1. The third-order valence-corrected chi connectivity index (χ3v) is 6.51. The smallest absolute Gasteiger partial charge is 0.261 e. The molecule has 4 rings (SSSR count). The average Bonchev–Trinajstić information content (AvgIpc) is 2.78. The molecule has 0 aromatic heterocycles. The molecule has 0 atom stereocenters. The van der Waals surface area contributed by atoms with E-state index >= 15 is 0 Å². The Morgan fingerprint density at radius 3 is 2.37 bits per heavy atom. The molecule has 1 amide bonds. The summed E-state index contributed by atoms with van der Waals surface area (Å²) in [5.74, 6) is 0.489. The lowest BCUT2D eigenvalue weighted by Crippen LogP contribution is -2.35. The predicted molar refractivity (Wildman–Crippen MR) is 117 cm³/mol. The molecule has 0 radical (unpaired) electrons. The number of carbonyl (C=O) groups excluding carboxylic acids is 1. The standard InChI is InChI=1S/C23H22N2O4S/c1-29-20-12-14-21(15-13-20)30(27,28)24-19-10-8-18(9-11-19)23(26)25-16-4-6-17-5-2-3-7-22(17)25/h2-3,5,7-15,24H,4,6,16H2,1H3. The number of hydrogen-bond donors (Lipinski definition) is 1. The van der Waals surface area contributed by atoms with Crippen LogP contribution in [0.1, 0.15) is 22.3 Å². The number of nitrogens with one attached hydrogen (secondary N) is 1. The average molecular weight is 423 g/mol. The molecule has 6 nitrogen and oxygen atoms in total. The van der Waals surface area contributed by atoms with Gasteiger partial charge >= 0.3 is 0 Å². The molecule has 0 saturated carbocycles. The first-order valence-electron chi connectivity index (χ1n) is 9.65. The van der Waals surface area contributed by atoms with Gasteiger partial charge in [-0.3, -0.25) is 9.52 Å². The van der Waals surface area contributed by atoms with Crippen LogP contribution in [0.15, 0.2) is 77.7 Å². The van der Waals surface area contributed by atoms with Gasteiger partial charge in [-0.2, -0.15) is 0 Å². The predicted octanol–water partition coefficient (Wildman–Crippen LogP) is 4.09. The van der Waals surface area contributed by atoms with E-state index in [1.807, 2.05) is 24.3 Å². The number of amides is 1. The second-order valence-electron chi connectivity index (χ2n) is 7.05. The van der Waals surface area contributed by atoms with Crippen LogP contribution in [0.5, 0.6) is 5.75 Å². The monoisotopic (exact) mass is 422 g/mol. The van der Waals surface area contributed by atoms with Gasteiger partial charge in [-0.25, -0.2) is 8.42 Å². The quantitative estimate of drug-likeness (QED) is 0.672. The lowest BCUT2D eigenvalue weighted by atomic mass is 10.0. The van der Waals surface area contributed by atoms with Crippen LogP contribution in [0, 0.1) is 0 Å². The number of benzene rings is 3. The van der Waals surface area contributed by atoms with Gasteiger partial charge in [-0.15, -0.1) is 0 Å². The Balaban J connectivity index is 1.51. The van der Waals surface area contributed by atoms with Crippen molar-refractivity contribution < 1.29 is 17.9 Å². The van der Waals surface area contributed by atoms with Crippen molar-refractivity contribution >= 4 is 27.3 Å². The zero-order valence-corrected chi connectivity index (χ0v) is 17.4. The van der Waals surface area contributed by atoms with Crippen molar-refractivity contribution in [2.45, 2.75) is 17.7 Å². The molecule has 0 bridgehead atoms. The van der Waals surface area contributed by atoms with Crippen LogP contribution in [-0.2, 0) is 16.4 Å². The second kappa shape index (κ2) is 8.20. The third-order valence-electron chi connectivity index (χ3n) is 5.11. The van der Waals surface area contributed by atoms with Crippen molar-refractivity contribution in [3.63, 3.8) is 0 Å². The molecule has 0 fully saturated rings. The van der Waals surface area contributed by atoms with Crippen LogP contribution in [-0.4, -0.2) is 28.0 Å². The van der Waals surface area contributed by atoms with E-state index < -0.39 is 10.0 Å². The molecule has 1 heterocycles. The van der Waals surface area contributed by atoms with Crippen molar-refractivity contribution in [3.8, 4) is 5.75 Å². The molecular formula is C23H22N2O4S. The van der Waals surface area contributed by atoms with Crippen LogP contribution in [0.3, 0.4) is 0 Å². The molecule has 154 valence electrons. The number of aryl methyl sites for hydroxylation is 1. The molecule has 1 aliphatic heterocycles. The molecule has 7 heteroatoms. The van der Waals surface area contributed by atoms with Gasteiger partial charge in [0.2, 0.25) is 0 Å². The third kappa shape index (κ3) is 4.02. The van der Waals surface area contributed by atoms with Crippen LogP contribution in [0.25, 0.3) is 0 Å².